The second-order valence-corrected chi connectivity index (χ2v) is 4.32. The number of aryl methyl sites for hydroxylation is 1. The van der Waals surface area contributed by atoms with Crippen LogP contribution in [0.1, 0.15) is 5.56 Å². The third-order valence-electron chi connectivity index (χ3n) is 2.07. The maximum atomic E-state index is 5.92. The van der Waals surface area contributed by atoms with E-state index in [0.717, 1.165) is 35.0 Å². The van der Waals surface area contributed by atoms with Gasteiger partial charge >= 0.3 is 0 Å². The fourth-order valence-electron chi connectivity index (χ4n) is 1.22. The molecule has 2 nitrogen and oxygen atoms in total. The van der Waals surface area contributed by atoms with E-state index in [0.29, 0.717) is 0 Å². The number of anilines is 2. The van der Waals surface area contributed by atoms with Crippen LogP contribution in [-0.2, 0) is 0 Å². The zero-order chi connectivity index (χ0) is 11.1. The lowest BCUT2D eigenvalue weighted by atomic mass is 10.2. The van der Waals surface area contributed by atoms with Crippen molar-refractivity contribution in [2.45, 2.75) is 6.92 Å². The molecule has 3 heteroatoms. The van der Waals surface area contributed by atoms with Gasteiger partial charge in [0.15, 0.2) is 0 Å². The van der Waals surface area contributed by atoms with Gasteiger partial charge in [-0.2, -0.15) is 0 Å². The first-order valence-electron chi connectivity index (χ1n) is 4.86. The third kappa shape index (κ3) is 3.77. The molecular formula is C12H16N2S. The maximum absolute atomic E-state index is 5.92. The second-order valence-electron chi connectivity index (χ2n) is 3.22. The van der Waals surface area contributed by atoms with Crippen LogP contribution in [0.4, 0.5) is 11.4 Å². The number of terminal acetylenes is 1. The van der Waals surface area contributed by atoms with E-state index in [-0.39, 0.29) is 0 Å². The van der Waals surface area contributed by atoms with Crippen LogP contribution in [-0.4, -0.2) is 18.1 Å². The zero-order valence-electron chi connectivity index (χ0n) is 8.92. The molecular weight excluding hydrogens is 204 g/mol. The Kier molecular flexibility index (Phi) is 4.92. The number of para-hydroxylation sites is 1. The van der Waals surface area contributed by atoms with E-state index in [2.05, 4.69) is 11.2 Å². The summed E-state index contributed by atoms with van der Waals surface area (Å²) in [5.74, 6) is 4.36. The normalized spacial score (nSPS) is 9.60. The Morgan fingerprint density at radius 2 is 2.33 bits per heavy atom. The highest BCUT2D eigenvalue weighted by molar-refractivity contribution is 7.99. The zero-order valence-corrected chi connectivity index (χ0v) is 9.73. The van der Waals surface area contributed by atoms with E-state index in [1.807, 2.05) is 25.1 Å². The summed E-state index contributed by atoms with van der Waals surface area (Å²) in [7, 11) is 0. The Bertz CT molecular complexity index is 355. The molecule has 0 aliphatic rings. The predicted molar refractivity (Wildman–Crippen MR) is 70.2 cm³/mol. The standard InChI is InChI=1S/C12H16N2S/c1-3-8-15-9-7-14-11-6-4-5-10(2)12(11)13/h1,4-6,14H,7-9,13H2,2H3. The van der Waals surface area contributed by atoms with Gasteiger partial charge in [0.25, 0.3) is 0 Å². The van der Waals surface area contributed by atoms with Crippen molar-refractivity contribution < 1.29 is 0 Å². The number of thioether (sulfide) groups is 1. The van der Waals surface area contributed by atoms with Gasteiger partial charge in [-0.25, -0.2) is 0 Å². The van der Waals surface area contributed by atoms with Crippen LogP contribution >= 0.6 is 11.8 Å². The molecule has 0 aromatic heterocycles. The highest BCUT2D eigenvalue weighted by Gasteiger charge is 1.99. The van der Waals surface area contributed by atoms with Crippen LogP contribution < -0.4 is 11.1 Å². The van der Waals surface area contributed by atoms with Gasteiger partial charge in [-0.05, 0) is 18.6 Å². The third-order valence-corrected chi connectivity index (χ3v) is 2.93. The van der Waals surface area contributed by atoms with Crippen molar-refractivity contribution in [2.75, 3.05) is 29.1 Å². The van der Waals surface area contributed by atoms with Gasteiger partial charge in [-0.1, -0.05) is 18.1 Å². The molecule has 0 fully saturated rings. The number of hydrogen-bond acceptors (Lipinski definition) is 3. The lowest BCUT2D eigenvalue weighted by molar-refractivity contribution is 1.23. The van der Waals surface area contributed by atoms with Crippen LogP contribution in [0.2, 0.25) is 0 Å². The van der Waals surface area contributed by atoms with Crippen molar-refractivity contribution in [3.63, 3.8) is 0 Å². The molecule has 0 saturated heterocycles. The summed E-state index contributed by atoms with van der Waals surface area (Å²) in [6, 6.07) is 6.00. The van der Waals surface area contributed by atoms with Gasteiger partial charge in [0, 0.05) is 12.3 Å². The number of nitrogen functional groups attached to an aromatic ring is 1. The van der Waals surface area contributed by atoms with Crippen molar-refractivity contribution in [3.8, 4) is 12.3 Å². The van der Waals surface area contributed by atoms with Gasteiger partial charge in [0.05, 0.1) is 17.1 Å². The molecule has 0 radical (unpaired) electrons. The minimum Gasteiger partial charge on any atom is -0.397 e. The number of hydrogen-bond donors (Lipinski definition) is 2. The average molecular weight is 220 g/mol. The summed E-state index contributed by atoms with van der Waals surface area (Å²) in [5.41, 5.74) is 8.87. The van der Waals surface area contributed by atoms with Crippen molar-refractivity contribution in [2.24, 2.45) is 0 Å². The van der Waals surface area contributed by atoms with Crippen LogP contribution in [0.25, 0.3) is 0 Å². The van der Waals surface area contributed by atoms with Gasteiger partial charge in [0.1, 0.15) is 0 Å². The quantitative estimate of drug-likeness (QED) is 0.454. The van der Waals surface area contributed by atoms with Gasteiger partial charge < -0.3 is 11.1 Å². The van der Waals surface area contributed by atoms with Crippen molar-refractivity contribution in [3.05, 3.63) is 23.8 Å². The largest absolute Gasteiger partial charge is 0.397 e. The molecule has 0 spiro atoms. The first-order chi connectivity index (χ1) is 7.25. The van der Waals surface area contributed by atoms with Gasteiger partial charge in [-0.15, -0.1) is 18.2 Å². The van der Waals surface area contributed by atoms with Crippen LogP contribution in [0.15, 0.2) is 18.2 Å². The molecule has 15 heavy (non-hydrogen) atoms. The summed E-state index contributed by atoms with van der Waals surface area (Å²) in [5, 5.41) is 3.30. The fourth-order valence-corrected chi connectivity index (χ4v) is 1.73. The minimum absolute atomic E-state index is 0.769. The Labute approximate surface area is 95.6 Å². The molecule has 80 valence electrons. The Balaban J connectivity index is 2.38. The van der Waals surface area contributed by atoms with Gasteiger partial charge in [0.2, 0.25) is 0 Å². The highest BCUT2D eigenvalue weighted by atomic mass is 32.2. The molecule has 1 rings (SSSR count). The number of rotatable bonds is 5. The fraction of sp³-hybridized carbons (Fsp3) is 0.333. The summed E-state index contributed by atoms with van der Waals surface area (Å²) in [6.07, 6.45) is 5.15. The predicted octanol–water partition coefficient (Wildman–Crippen LogP) is 2.36. The molecule has 3 N–H and O–H groups in total. The average Bonchev–Trinajstić information content (AvgIpc) is 2.24. The minimum atomic E-state index is 0.769. The van der Waals surface area contributed by atoms with E-state index in [9.17, 15) is 0 Å². The Morgan fingerprint density at radius 3 is 3.07 bits per heavy atom. The van der Waals surface area contributed by atoms with E-state index in [4.69, 9.17) is 12.2 Å². The number of nitrogens with two attached hydrogens (primary N) is 1. The van der Waals surface area contributed by atoms with Gasteiger partial charge in [-0.3, -0.25) is 0 Å². The first-order valence-corrected chi connectivity index (χ1v) is 6.01. The SMILES string of the molecule is C#CCSCCNc1cccc(C)c1N. The van der Waals surface area contributed by atoms with Crippen molar-refractivity contribution in [1.82, 2.24) is 0 Å². The Hall–Kier alpha value is -1.27. The molecule has 1 aromatic carbocycles. The smallest absolute Gasteiger partial charge is 0.0579 e. The molecule has 0 amide bonds. The number of nitrogens with one attached hydrogen (secondary N) is 1. The molecule has 0 heterocycles. The van der Waals surface area contributed by atoms with Crippen LogP contribution in [0.5, 0.6) is 0 Å². The van der Waals surface area contributed by atoms with Crippen molar-refractivity contribution in [1.29, 1.82) is 0 Å². The Morgan fingerprint density at radius 1 is 1.53 bits per heavy atom. The van der Waals surface area contributed by atoms with Crippen LogP contribution in [0.3, 0.4) is 0 Å². The van der Waals surface area contributed by atoms with E-state index in [1.54, 1.807) is 11.8 Å². The lowest BCUT2D eigenvalue weighted by Crippen LogP contribution is -2.07. The van der Waals surface area contributed by atoms with E-state index < -0.39 is 0 Å². The second kappa shape index (κ2) is 6.26. The molecule has 0 unspecified atom stereocenters. The summed E-state index contributed by atoms with van der Waals surface area (Å²) < 4.78 is 0. The molecule has 0 atom stereocenters. The molecule has 0 aliphatic carbocycles. The topological polar surface area (TPSA) is 38.0 Å². The molecule has 0 aliphatic heterocycles. The van der Waals surface area contributed by atoms with Crippen LogP contribution in [0, 0.1) is 19.3 Å². The summed E-state index contributed by atoms with van der Waals surface area (Å²) in [6.45, 7) is 2.90. The number of benzene rings is 1. The molecule has 0 bridgehead atoms. The molecule has 0 saturated carbocycles. The monoisotopic (exact) mass is 220 g/mol. The van der Waals surface area contributed by atoms with E-state index in [1.165, 1.54) is 0 Å². The van der Waals surface area contributed by atoms with Crippen molar-refractivity contribution >= 4 is 23.1 Å². The maximum Gasteiger partial charge on any atom is 0.0579 e. The highest BCUT2D eigenvalue weighted by Crippen LogP contribution is 2.21. The molecule has 1 aromatic rings. The lowest BCUT2D eigenvalue weighted by Gasteiger charge is -2.10. The summed E-state index contributed by atoms with van der Waals surface area (Å²) >= 11 is 1.74. The summed E-state index contributed by atoms with van der Waals surface area (Å²) in [4.78, 5) is 0. The first kappa shape index (κ1) is 11.8. The van der Waals surface area contributed by atoms with E-state index >= 15 is 0 Å².